The summed E-state index contributed by atoms with van der Waals surface area (Å²) in [5, 5.41) is 20.9. The van der Waals surface area contributed by atoms with Crippen molar-refractivity contribution in [3.63, 3.8) is 0 Å². The number of amides is 2. The second kappa shape index (κ2) is 9.21. The van der Waals surface area contributed by atoms with Crippen molar-refractivity contribution in [1.29, 1.82) is 0 Å². The smallest absolute Gasteiger partial charge is 0.342 e. The molecular weight excluding hydrogens is 432 g/mol. The summed E-state index contributed by atoms with van der Waals surface area (Å²) >= 11 is 0. The molecule has 1 aromatic heterocycles. The number of ether oxygens (including phenoxy) is 1. The Bertz CT molecular complexity index is 1210. The SMILES string of the molecule is COc1ccc(CNC(=O)n2nc(-c3cc(NC(=O)C4CC4)ccc3O)cc2C2CCC2)cc1. The number of anilines is 1. The Balaban J connectivity index is 1.38. The zero-order chi connectivity index (χ0) is 23.7. The lowest BCUT2D eigenvalue weighted by molar-refractivity contribution is -0.117. The van der Waals surface area contributed by atoms with E-state index < -0.39 is 0 Å². The van der Waals surface area contributed by atoms with E-state index in [1.165, 1.54) is 4.68 Å². The van der Waals surface area contributed by atoms with Crippen LogP contribution in [0.1, 0.15) is 49.3 Å². The van der Waals surface area contributed by atoms with Crippen LogP contribution in [-0.4, -0.2) is 33.9 Å². The van der Waals surface area contributed by atoms with Gasteiger partial charge < -0.3 is 20.5 Å². The average Bonchev–Trinajstić information content (AvgIpc) is 3.58. The first-order chi connectivity index (χ1) is 16.5. The van der Waals surface area contributed by atoms with Gasteiger partial charge in [-0.2, -0.15) is 9.78 Å². The molecule has 0 saturated heterocycles. The molecule has 2 fully saturated rings. The summed E-state index contributed by atoms with van der Waals surface area (Å²) in [6, 6.07) is 14.0. The van der Waals surface area contributed by atoms with Crippen molar-refractivity contribution in [1.82, 2.24) is 15.1 Å². The number of rotatable bonds is 7. The summed E-state index contributed by atoms with van der Waals surface area (Å²) in [6.45, 7) is 0.357. The fourth-order valence-corrected chi connectivity index (χ4v) is 4.09. The Labute approximate surface area is 197 Å². The van der Waals surface area contributed by atoms with E-state index in [1.807, 2.05) is 30.3 Å². The number of hydrogen-bond donors (Lipinski definition) is 3. The van der Waals surface area contributed by atoms with Gasteiger partial charge in [-0.05, 0) is 67.6 Å². The van der Waals surface area contributed by atoms with E-state index in [9.17, 15) is 14.7 Å². The number of carbonyl (C=O) groups is 2. The molecule has 0 unspecified atom stereocenters. The zero-order valence-corrected chi connectivity index (χ0v) is 19.1. The summed E-state index contributed by atoms with van der Waals surface area (Å²) in [7, 11) is 1.61. The molecule has 1 heterocycles. The van der Waals surface area contributed by atoms with Gasteiger partial charge in [-0.25, -0.2) is 4.79 Å². The first-order valence-electron chi connectivity index (χ1n) is 11.7. The number of benzene rings is 2. The van der Waals surface area contributed by atoms with Crippen LogP contribution in [0.3, 0.4) is 0 Å². The van der Waals surface area contributed by atoms with Crippen molar-refractivity contribution in [2.75, 3.05) is 12.4 Å². The Morgan fingerprint density at radius 1 is 1.09 bits per heavy atom. The molecule has 2 aliphatic carbocycles. The number of nitrogens with one attached hydrogen (secondary N) is 2. The minimum Gasteiger partial charge on any atom is -0.507 e. The zero-order valence-electron chi connectivity index (χ0n) is 19.1. The van der Waals surface area contributed by atoms with Crippen LogP contribution >= 0.6 is 0 Å². The molecule has 0 bridgehead atoms. The van der Waals surface area contributed by atoms with Gasteiger partial charge in [-0.1, -0.05) is 18.6 Å². The fraction of sp³-hybridized carbons (Fsp3) is 0.346. The molecule has 0 aliphatic heterocycles. The second-order valence-electron chi connectivity index (χ2n) is 9.00. The molecule has 3 aromatic rings. The Kier molecular flexibility index (Phi) is 5.96. The summed E-state index contributed by atoms with van der Waals surface area (Å²) in [4.78, 5) is 25.2. The third-order valence-corrected chi connectivity index (χ3v) is 6.54. The van der Waals surface area contributed by atoms with Crippen molar-refractivity contribution >= 4 is 17.6 Å². The molecule has 0 atom stereocenters. The predicted octanol–water partition coefficient (Wildman–Crippen LogP) is 4.64. The summed E-state index contributed by atoms with van der Waals surface area (Å²) in [5.41, 5.74) is 3.37. The summed E-state index contributed by atoms with van der Waals surface area (Å²) in [6.07, 6.45) is 4.95. The van der Waals surface area contributed by atoms with Gasteiger partial charge >= 0.3 is 6.03 Å². The van der Waals surface area contributed by atoms with Crippen molar-refractivity contribution in [2.45, 2.75) is 44.6 Å². The van der Waals surface area contributed by atoms with Crippen LogP contribution in [0, 0.1) is 5.92 Å². The minimum atomic E-state index is -0.318. The molecule has 34 heavy (non-hydrogen) atoms. The largest absolute Gasteiger partial charge is 0.507 e. The number of nitrogens with zero attached hydrogens (tertiary/aromatic N) is 2. The van der Waals surface area contributed by atoms with Gasteiger partial charge in [0.1, 0.15) is 11.5 Å². The predicted molar refractivity (Wildman–Crippen MR) is 128 cm³/mol. The maximum Gasteiger partial charge on any atom is 0.342 e. The Hall–Kier alpha value is -3.81. The number of hydrogen-bond acceptors (Lipinski definition) is 5. The summed E-state index contributed by atoms with van der Waals surface area (Å²) < 4.78 is 6.59. The quantitative estimate of drug-likeness (QED) is 0.446. The van der Waals surface area contributed by atoms with Crippen LogP contribution in [0.5, 0.6) is 11.5 Å². The van der Waals surface area contributed by atoms with Crippen molar-refractivity contribution in [3.05, 3.63) is 59.8 Å². The molecule has 2 aliphatic rings. The maximum absolute atomic E-state index is 13.1. The van der Waals surface area contributed by atoms with Gasteiger partial charge in [0.25, 0.3) is 0 Å². The first-order valence-corrected chi connectivity index (χ1v) is 11.7. The second-order valence-corrected chi connectivity index (χ2v) is 9.00. The van der Waals surface area contributed by atoms with E-state index in [0.717, 1.165) is 49.1 Å². The van der Waals surface area contributed by atoms with E-state index in [-0.39, 0.29) is 29.5 Å². The fourth-order valence-electron chi connectivity index (χ4n) is 4.09. The van der Waals surface area contributed by atoms with Gasteiger partial charge in [0.05, 0.1) is 18.5 Å². The lowest BCUT2D eigenvalue weighted by Crippen LogP contribution is -2.31. The Morgan fingerprint density at radius 3 is 2.50 bits per heavy atom. The molecule has 2 saturated carbocycles. The van der Waals surface area contributed by atoms with Crippen LogP contribution in [-0.2, 0) is 11.3 Å². The number of aromatic nitrogens is 2. The van der Waals surface area contributed by atoms with Gasteiger partial charge in [-0.3, -0.25) is 4.79 Å². The number of carbonyl (C=O) groups excluding carboxylic acids is 2. The van der Waals surface area contributed by atoms with E-state index in [0.29, 0.717) is 23.5 Å². The first kappa shape index (κ1) is 22.0. The summed E-state index contributed by atoms with van der Waals surface area (Å²) in [5.74, 6) is 1.14. The minimum absolute atomic E-state index is 0.00441. The van der Waals surface area contributed by atoms with Crippen LogP contribution in [0.25, 0.3) is 11.3 Å². The number of phenols is 1. The van der Waals surface area contributed by atoms with E-state index in [4.69, 9.17) is 4.74 Å². The van der Waals surface area contributed by atoms with Gasteiger partial charge in [0.2, 0.25) is 5.91 Å². The maximum atomic E-state index is 13.1. The topological polar surface area (TPSA) is 105 Å². The number of methoxy groups -OCH3 is 1. The normalized spacial score (nSPS) is 15.4. The highest BCUT2D eigenvalue weighted by Gasteiger charge is 2.30. The van der Waals surface area contributed by atoms with Crippen molar-refractivity contribution in [2.24, 2.45) is 5.92 Å². The number of phenolic OH excluding ortho intramolecular Hbond substituents is 1. The average molecular weight is 461 g/mol. The number of aromatic hydroxyl groups is 1. The molecular formula is C26H28N4O4. The monoisotopic (exact) mass is 460 g/mol. The van der Waals surface area contributed by atoms with Gasteiger partial charge in [-0.15, -0.1) is 0 Å². The van der Waals surface area contributed by atoms with E-state index in [1.54, 1.807) is 25.3 Å². The van der Waals surface area contributed by atoms with Crippen molar-refractivity contribution < 1.29 is 19.4 Å². The lowest BCUT2D eigenvalue weighted by Gasteiger charge is -2.25. The highest BCUT2D eigenvalue weighted by atomic mass is 16.5. The van der Waals surface area contributed by atoms with E-state index >= 15 is 0 Å². The lowest BCUT2D eigenvalue weighted by atomic mass is 9.82. The van der Waals surface area contributed by atoms with Gasteiger partial charge in [0, 0.05) is 29.6 Å². The highest BCUT2D eigenvalue weighted by molar-refractivity contribution is 5.95. The third-order valence-electron chi connectivity index (χ3n) is 6.54. The van der Waals surface area contributed by atoms with Crippen LogP contribution in [0.2, 0.25) is 0 Å². The molecule has 8 heteroatoms. The molecule has 2 amide bonds. The van der Waals surface area contributed by atoms with Crippen LogP contribution in [0.15, 0.2) is 48.5 Å². The molecule has 2 aromatic carbocycles. The van der Waals surface area contributed by atoms with Crippen LogP contribution < -0.4 is 15.4 Å². The molecule has 5 rings (SSSR count). The third kappa shape index (κ3) is 4.62. The highest BCUT2D eigenvalue weighted by Crippen LogP contribution is 2.39. The molecule has 176 valence electrons. The van der Waals surface area contributed by atoms with Crippen molar-refractivity contribution in [3.8, 4) is 22.8 Å². The molecule has 3 N–H and O–H groups in total. The Morgan fingerprint density at radius 2 is 1.85 bits per heavy atom. The van der Waals surface area contributed by atoms with E-state index in [2.05, 4.69) is 15.7 Å². The molecule has 0 radical (unpaired) electrons. The molecule has 0 spiro atoms. The molecule has 8 nitrogen and oxygen atoms in total. The van der Waals surface area contributed by atoms with Gasteiger partial charge in [0.15, 0.2) is 0 Å². The standard InChI is InChI=1S/C26H28N4O4/c1-34-20-10-5-16(6-11-20)15-27-26(33)30-23(17-3-2-4-17)14-22(29-30)21-13-19(9-12-24(21)31)28-25(32)18-7-8-18/h5-6,9-14,17-18,31H,2-4,7-8,15H2,1H3,(H,27,33)(H,28,32). The van der Waals surface area contributed by atoms with Crippen LogP contribution in [0.4, 0.5) is 10.5 Å².